The molecule has 2 amide bonds. The molecule has 2 heterocycles. The lowest BCUT2D eigenvalue weighted by Crippen LogP contribution is -2.44. The van der Waals surface area contributed by atoms with Gasteiger partial charge in [0.25, 0.3) is 10.3 Å². The third-order valence-corrected chi connectivity index (χ3v) is 4.73. The van der Waals surface area contributed by atoms with Crippen molar-refractivity contribution in [3.05, 3.63) is 32.5 Å². The number of nitrogens with zero attached hydrogens (tertiary/aromatic N) is 1. The lowest BCUT2D eigenvalue weighted by Gasteiger charge is -2.16. The van der Waals surface area contributed by atoms with E-state index < -0.39 is 11.1 Å². The van der Waals surface area contributed by atoms with E-state index in [-0.39, 0.29) is 29.5 Å². The lowest BCUT2D eigenvalue weighted by atomic mass is 10.1. The molecular formula is C10H11N3O5S2. The normalized spacial score (nSPS) is 21.3. The number of carbonyl (C=O) groups excluding carboxylic acids is 2. The van der Waals surface area contributed by atoms with Crippen LogP contribution in [0.3, 0.4) is 0 Å². The highest BCUT2D eigenvalue weighted by atomic mass is 32.2. The first-order chi connectivity index (χ1) is 9.58. The third-order valence-electron chi connectivity index (χ3n) is 2.51. The van der Waals surface area contributed by atoms with Crippen molar-refractivity contribution in [2.75, 3.05) is 13.2 Å². The van der Waals surface area contributed by atoms with Crippen LogP contribution in [-0.4, -0.2) is 35.4 Å². The van der Waals surface area contributed by atoms with Gasteiger partial charge in [-0.3, -0.25) is 9.59 Å². The quantitative estimate of drug-likeness (QED) is 0.459. The van der Waals surface area contributed by atoms with Crippen LogP contribution in [0.25, 0.3) is 0 Å². The van der Waals surface area contributed by atoms with Gasteiger partial charge < -0.3 is 15.5 Å². The Labute approximate surface area is 122 Å². The van der Waals surface area contributed by atoms with Gasteiger partial charge in [-0.1, -0.05) is 17.8 Å². The summed E-state index contributed by atoms with van der Waals surface area (Å²) in [6.45, 7) is -0.218. The first kappa shape index (κ1) is 14.6. The zero-order chi connectivity index (χ0) is 14.5. The van der Waals surface area contributed by atoms with E-state index in [0.29, 0.717) is 0 Å². The molecule has 20 heavy (non-hydrogen) atoms. The fourth-order valence-electron chi connectivity index (χ4n) is 1.70. The van der Waals surface area contributed by atoms with Gasteiger partial charge in [-0.25, -0.2) is 0 Å². The Hall–Kier alpha value is -1.81. The van der Waals surface area contributed by atoms with Crippen LogP contribution in [0.5, 0.6) is 0 Å². The van der Waals surface area contributed by atoms with Crippen LogP contribution < -0.4 is 10.6 Å². The molecule has 1 aliphatic rings. The van der Waals surface area contributed by atoms with Crippen molar-refractivity contribution in [2.24, 2.45) is 0 Å². The molecule has 0 bridgehead atoms. The molecule has 0 unspecified atom stereocenters. The molecule has 0 saturated carbocycles. The smallest absolute Gasteiger partial charge is 0.294 e. The van der Waals surface area contributed by atoms with Gasteiger partial charge in [0.2, 0.25) is 5.91 Å². The first-order valence-corrected chi connectivity index (χ1v) is 7.39. The van der Waals surface area contributed by atoms with E-state index in [2.05, 4.69) is 15.5 Å². The molecule has 108 valence electrons. The molecular weight excluding hydrogens is 306 g/mol. The van der Waals surface area contributed by atoms with E-state index in [1.165, 1.54) is 11.3 Å². The molecule has 2 rings (SSSR count). The van der Waals surface area contributed by atoms with E-state index in [1.807, 2.05) is 17.5 Å². The maximum absolute atomic E-state index is 12.0. The Morgan fingerprint density at radius 3 is 3.05 bits per heavy atom. The van der Waals surface area contributed by atoms with Crippen molar-refractivity contribution in [2.45, 2.75) is 11.3 Å². The van der Waals surface area contributed by atoms with Gasteiger partial charge in [0.1, 0.15) is 12.6 Å². The predicted octanol–water partition coefficient (Wildman–Crippen LogP) is 0.939. The highest BCUT2D eigenvalue weighted by Gasteiger charge is 2.39. The summed E-state index contributed by atoms with van der Waals surface area (Å²) < 4.78 is 0. The Kier molecular flexibility index (Phi) is 4.79. The van der Waals surface area contributed by atoms with E-state index >= 15 is 0 Å². The van der Waals surface area contributed by atoms with Gasteiger partial charge in [0.15, 0.2) is 0 Å². The van der Waals surface area contributed by atoms with E-state index in [9.17, 15) is 19.7 Å². The molecule has 1 aromatic rings. The summed E-state index contributed by atoms with van der Waals surface area (Å²) in [4.78, 5) is 38.4. The number of hydrogen-bond donors (Lipinski definition) is 2. The summed E-state index contributed by atoms with van der Waals surface area (Å²) in [5, 5.41) is 15.5. The van der Waals surface area contributed by atoms with Crippen LogP contribution in [-0.2, 0) is 9.63 Å². The molecule has 10 heteroatoms. The first-order valence-electron chi connectivity index (χ1n) is 5.63. The standard InChI is InChI=1S/C10H11N3O5S2/c14-9(11-3-4-18-13(16)17)7-8(20-10(15)12-7)6-2-1-5-19-6/h1-2,5,7-8H,3-4H2,(H,11,14)(H,12,15)/t7-,8-/m1/s1. The van der Waals surface area contributed by atoms with Crippen molar-refractivity contribution in [3.63, 3.8) is 0 Å². The van der Waals surface area contributed by atoms with Gasteiger partial charge in [0.05, 0.1) is 5.25 Å². The SMILES string of the molecule is O=C1N[C@@H](C(=O)NCCO[N+](=O)[O-])[C@@H](c2cccs2)S1. The Morgan fingerprint density at radius 1 is 1.60 bits per heavy atom. The van der Waals surface area contributed by atoms with Crippen molar-refractivity contribution < 1.29 is 19.5 Å². The summed E-state index contributed by atoms with van der Waals surface area (Å²) in [6.07, 6.45) is 0. The highest BCUT2D eigenvalue weighted by Crippen LogP contribution is 2.39. The second-order valence-electron chi connectivity index (χ2n) is 3.81. The molecule has 0 spiro atoms. The molecule has 1 aliphatic heterocycles. The lowest BCUT2D eigenvalue weighted by molar-refractivity contribution is -0.757. The number of thioether (sulfide) groups is 1. The van der Waals surface area contributed by atoms with E-state index in [4.69, 9.17) is 0 Å². The van der Waals surface area contributed by atoms with Crippen LogP contribution in [0.15, 0.2) is 17.5 Å². The number of amides is 2. The van der Waals surface area contributed by atoms with Crippen LogP contribution in [0.2, 0.25) is 0 Å². The van der Waals surface area contributed by atoms with Gasteiger partial charge in [-0.15, -0.1) is 21.5 Å². The monoisotopic (exact) mass is 317 g/mol. The molecule has 0 radical (unpaired) electrons. The molecule has 1 fully saturated rings. The topological polar surface area (TPSA) is 111 Å². The van der Waals surface area contributed by atoms with Crippen molar-refractivity contribution in [3.8, 4) is 0 Å². The predicted molar refractivity (Wildman–Crippen MR) is 72.9 cm³/mol. The van der Waals surface area contributed by atoms with Crippen LogP contribution in [0.1, 0.15) is 10.1 Å². The second kappa shape index (κ2) is 6.57. The van der Waals surface area contributed by atoms with Gasteiger partial charge in [-0.2, -0.15) is 0 Å². The highest BCUT2D eigenvalue weighted by molar-refractivity contribution is 8.14. The molecule has 1 aromatic heterocycles. The summed E-state index contributed by atoms with van der Waals surface area (Å²) in [6, 6.07) is 3.03. The fraction of sp³-hybridized carbons (Fsp3) is 0.400. The number of rotatable bonds is 6. The summed E-state index contributed by atoms with van der Waals surface area (Å²) >= 11 is 2.53. The zero-order valence-corrected chi connectivity index (χ0v) is 11.7. The number of thiophene rings is 1. The summed E-state index contributed by atoms with van der Waals surface area (Å²) in [5.74, 6) is -0.381. The molecule has 1 saturated heterocycles. The third kappa shape index (κ3) is 3.61. The maximum Gasteiger partial charge on any atom is 0.294 e. The Morgan fingerprint density at radius 2 is 2.40 bits per heavy atom. The minimum absolute atomic E-state index is 0.00795. The molecule has 8 nitrogen and oxygen atoms in total. The van der Waals surface area contributed by atoms with Gasteiger partial charge in [0, 0.05) is 11.4 Å². The Balaban J connectivity index is 1.90. The van der Waals surface area contributed by atoms with E-state index in [0.717, 1.165) is 16.6 Å². The molecule has 0 aliphatic carbocycles. The zero-order valence-electron chi connectivity index (χ0n) is 10.1. The maximum atomic E-state index is 12.0. The Bertz CT molecular complexity index is 507. The van der Waals surface area contributed by atoms with Gasteiger partial charge >= 0.3 is 0 Å². The van der Waals surface area contributed by atoms with E-state index in [1.54, 1.807) is 0 Å². The van der Waals surface area contributed by atoms with Crippen LogP contribution >= 0.6 is 23.1 Å². The van der Waals surface area contributed by atoms with Crippen molar-refractivity contribution >= 4 is 34.2 Å². The average molecular weight is 317 g/mol. The van der Waals surface area contributed by atoms with Crippen LogP contribution in [0.4, 0.5) is 4.79 Å². The van der Waals surface area contributed by atoms with Crippen molar-refractivity contribution in [1.29, 1.82) is 0 Å². The molecule has 2 N–H and O–H groups in total. The minimum Gasteiger partial charge on any atom is -0.352 e. The number of nitrogens with one attached hydrogen (secondary N) is 2. The molecule has 2 atom stereocenters. The minimum atomic E-state index is -0.923. The summed E-state index contributed by atoms with van der Waals surface area (Å²) in [5.41, 5.74) is 0. The molecule has 0 aromatic carbocycles. The number of carbonyl (C=O) groups is 2. The fourth-order valence-corrected chi connectivity index (χ4v) is 3.70. The largest absolute Gasteiger partial charge is 0.352 e. The van der Waals surface area contributed by atoms with Crippen molar-refractivity contribution in [1.82, 2.24) is 10.6 Å². The average Bonchev–Trinajstić information content (AvgIpc) is 3.02. The number of hydrogen-bond acceptors (Lipinski definition) is 7. The van der Waals surface area contributed by atoms with Crippen LogP contribution in [0, 0.1) is 10.1 Å². The summed E-state index contributed by atoms with van der Waals surface area (Å²) in [7, 11) is 0. The van der Waals surface area contributed by atoms with Gasteiger partial charge in [-0.05, 0) is 11.4 Å². The second-order valence-corrected chi connectivity index (χ2v) is 5.90.